The molecule has 1 aliphatic carbocycles. The van der Waals surface area contributed by atoms with Crippen molar-refractivity contribution in [3.05, 3.63) is 82.4 Å². The van der Waals surface area contributed by atoms with E-state index >= 15 is 0 Å². The number of hydrogen-bond donors (Lipinski definition) is 1. The lowest BCUT2D eigenvalue weighted by Crippen LogP contribution is -2.39. The van der Waals surface area contributed by atoms with Crippen LogP contribution in [0, 0.1) is 23.2 Å². The van der Waals surface area contributed by atoms with Crippen LogP contribution in [0.3, 0.4) is 0 Å². The summed E-state index contributed by atoms with van der Waals surface area (Å²) in [6, 6.07) is 22.1. The Balaban J connectivity index is 1.41. The van der Waals surface area contributed by atoms with Gasteiger partial charge in [0.2, 0.25) is 0 Å². The molecule has 0 bridgehead atoms. The Morgan fingerprint density at radius 2 is 1.79 bits per heavy atom. The molecule has 4 heteroatoms. The van der Waals surface area contributed by atoms with Gasteiger partial charge in [-0.15, -0.1) is 0 Å². The zero-order chi connectivity index (χ0) is 23.7. The van der Waals surface area contributed by atoms with Crippen molar-refractivity contribution in [3.63, 3.8) is 0 Å². The Morgan fingerprint density at radius 1 is 1.03 bits per heavy atom. The third-order valence-electron chi connectivity index (χ3n) is 7.02. The van der Waals surface area contributed by atoms with Crippen molar-refractivity contribution < 1.29 is 0 Å². The second kappa shape index (κ2) is 9.52. The highest BCUT2D eigenvalue weighted by atomic mass is 15.0. The molecule has 2 aliphatic rings. The van der Waals surface area contributed by atoms with E-state index in [4.69, 9.17) is 9.98 Å². The van der Waals surface area contributed by atoms with Crippen LogP contribution >= 0.6 is 0 Å². The highest BCUT2D eigenvalue weighted by Gasteiger charge is 2.25. The van der Waals surface area contributed by atoms with Gasteiger partial charge in [0.25, 0.3) is 0 Å². The molecular weight excluding hydrogens is 416 g/mol. The molecule has 3 aromatic carbocycles. The van der Waals surface area contributed by atoms with Crippen LogP contribution in [0.5, 0.6) is 0 Å². The summed E-state index contributed by atoms with van der Waals surface area (Å²) >= 11 is 0. The molecule has 1 saturated carbocycles. The van der Waals surface area contributed by atoms with E-state index in [-0.39, 0.29) is 0 Å². The highest BCUT2D eigenvalue weighted by Crippen LogP contribution is 2.29. The molecule has 0 amide bonds. The first-order valence-corrected chi connectivity index (χ1v) is 12.4. The normalized spacial score (nSPS) is 19.6. The largest absolute Gasteiger partial charge is 0.310 e. The summed E-state index contributed by atoms with van der Waals surface area (Å²) in [4.78, 5) is 9.71. The van der Waals surface area contributed by atoms with Gasteiger partial charge >= 0.3 is 0 Å². The minimum atomic E-state index is 0.514. The van der Waals surface area contributed by atoms with Gasteiger partial charge in [0.05, 0.1) is 23.9 Å². The topological polar surface area (TPSA) is 60.5 Å². The van der Waals surface area contributed by atoms with Crippen LogP contribution < -0.4 is 5.32 Å². The molecule has 0 unspecified atom stereocenters. The monoisotopic (exact) mass is 448 g/mol. The molecule has 1 heterocycles. The Morgan fingerprint density at radius 3 is 2.53 bits per heavy atom. The number of hydrogen-bond acceptors (Lipinski definition) is 4. The zero-order valence-electron chi connectivity index (χ0n) is 20.3. The second-order valence-corrected chi connectivity index (χ2v) is 10.3. The quantitative estimate of drug-likeness (QED) is 0.478. The zero-order valence-corrected chi connectivity index (χ0v) is 20.3. The van der Waals surface area contributed by atoms with Crippen molar-refractivity contribution in [2.45, 2.75) is 52.6 Å². The third-order valence-corrected chi connectivity index (χ3v) is 7.02. The van der Waals surface area contributed by atoms with Crippen LogP contribution in [0.4, 0.5) is 0 Å². The smallest absolute Gasteiger partial charge is 0.155 e. The minimum Gasteiger partial charge on any atom is -0.310 e. The number of rotatable bonds is 7. The van der Waals surface area contributed by atoms with Gasteiger partial charge in [-0.05, 0) is 64.6 Å². The van der Waals surface area contributed by atoms with Crippen molar-refractivity contribution in [1.29, 1.82) is 5.26 Å². The third kappa shape index (κ3) is 4.54. The summed E-state index contributed by atoms with van der Waals surface area (Å²) < 4.78 is 0. The van der Waals surface area contributed by atoms with E-state index in [9.17, 15) is 5.26 Å². The molecule has 172 valence electrons. The van der Waals surface area contributed by atoms with Crippen LogP contribution in [0.25, 0.3) is 10.8 Å². The van der Waals surface area contributed by atoms with Crippen molar-refractivity contribution in [2.75, 3.05) is 6.54 Å². The van der Waals surface area contributed by atoms with Crippen LogP contribution in [0.1, 0.15) is 61.4 Å². The molecule has 0 atom stereocenters. The molecule has 0 aromatic heterocycles. The van der Waals surface area contributed by atoms with Crippen molar-refractivity contribution in [1.82, 2.24) is 5.32 Å². The molecule has 0 radical (unpaired) electrons. The number of amidine groups is 1. The minimum absolute atomic E-state index is 0.514. The molecule has 0 saturated heterocycles. The van der Waals surface area contributed by atoms with Crippen molar-refractivity contribution >= 4 is 22.3 Å². The van der Waals surface area contributed by atoms with E-state index in [0.29, 0.717) is 18.5 Å². The number of fused-ring (bicyclic) bond motifs is 1. The first-order chi connectivity index (χ1) is 16.5. The molecule has 3 aromatic rings. The lowest BCUT2D eigenvalue weighted by molar-refractivity contribution is 0.240. The average molecular weight is 449 g/mol. The van der Waals surface area contributed by atoms with E-state index in [2.05, 4.69) is 80.7 Å². The summed E-state index contributed by atoms with van der Waals surface area (Å²) in [6.07, 6.45) is 3.46. The van der Waals surface area contributed by atoms with Gasteiger partial charge in [-0.1, -0.05) is 69.3 Å². The summed E-state index contributed by atoms with van der Waals surface area (Å²) in [6.45, 7) is 8.10. The lowest BCUT2D eigenvalue weighted by Gasteiger charge is -2.33. The Kier molecular flexibility index (Phi) is 6.30. The molecule has 0 spiro atoms. The molecule has 1 N–H and O–H groups in total. The first kappa shape index (κ1) is 22.5. The summed E-state index contributed by atoms with van der Waals surface area (Å²) in [7, 11) is 0. The maximum Gasteiger partial charge on any atom is 0.155 e. The molecular formula is C30H32N4. The van der Waals surface area contributed by atoms with Crippen LogP contribution in [-0.4, -0.2) is 24.1 Å². The summed E-state index contributed by atoms with van der Waals surface area (Å²) in [5.41, 5.74) is 6.15. The van der Waals surface area contributed by atoms with Gasteiger partial charge in [-0.25, -0.2) is 4.99 Å². The van der Waals surface area contributed by atoms with E-state index < -0.39 is 0 Å². The van der Waals surface area contributed by atoms with E-state index in [1.807, 2.05) is 6.07 Å². The maximum absolute atomic E-state index is 9.66. The standard InChI is InChI=1S/C30H32N4/c1-19(2)12-21-8-9-22(15-24(21)16-31)29-18-33-30(34-29)28-11-10-23(17-32-25-13-20(3)14-25)26-6-4-5-7-27(26)28/h4-11,15,19-20,25,32H,12-14,17-18H2,1-3H3. The SMILES string of the molecule is CC(C)Cc1ccc(C2=NC(c3ccc(CNC4CC(C)C4)c4ccccc34)=NC2)cc1C#N. The first-order valence-electron chi connectivity index (χ1n) is 12.4. The predicted octanol–water partition coefficient (Wildman–Crippen LogP) is 6.05. The highest BCUT2D eigenvalue weighted by molar-refractivity contribution is 6.21. The number of nitrogens with one attached hydrogen (secondary N) is 1. The summed E-state index contributed by atoms with van der Waals surface area (Å²) in [5, 5.41) is 15.8. The fraction of sp³-hybridized carbons (Fsp3) is 0.367. The number of nitriles is 1. The molecule has 34 heavy (non-hydrogen) atoms. The van der Waals surface area contributed by atoms with E-state index in [0.717, 1.165) is 52.7 Å². The Labute approximate surface area is 202 Å². The molecule has 5 rings (SSSR count). The van der Waals surface area contributed by atoms with Crippen LogP contribution in [0.15, 0.2) is 64.6 Å². The maximum atomic E-state index is 9.66. The molecule has 1 aliphatic heterocycles. The predicted molar refractivity (Wildman–Crippen MR) is 141 cm³/mol. The van der Waals surface area contributed by atoms with Gasteiger partial charge in [-0.3, -0.25) is 4.99 Å². The van der Waals surface area contributed by atoms with Gasteiger partial charge < -0.3 is 5.32 Å². The molecule has 1 fully saturated rings. The lowest BCUT2D eigenvalue weighted by atomic mass is 9.82. The second-order valence-electron chi connectivity index (χ2n) is 10.3. The number of nitrogens with zero attached hydrogens (tertiary/aromatic N) is 3. The number of aliphatic imine (C=N–C) groups is 2. The van der Waals surface area contributed by atoms with Crippen molar-refractivity contribution in [3.8, 4) is 6.07 Å². The average Bonchev–Trinajstić information content (AvgIpc) is 3.31. The van der Waals surface area contributed by atoms with Gasteiger partial charge in [0.1, 0.15) is 0 Å². The van der Waals surface area contributed by atoms with Gasteiger partial charge in [0, 0.05) is 18.2 Å². The fourth-order valence-electron chi connectivity index (χ4n) is 5.16. The number of benzene rings is 3. The van der Waals surface area contributed by atoms with Crippen molar-refractivity contribution in [2.24, 2.45) is 21.8 Å². The Bertz CT molecular complexity index is 1320. The molecule has 4 nitrogen and oxygen atoms in total. The van der Waals surface area contributed by atoms with Crippen LogP contribution in [-0.2, 0) is 13.0 Å². The summed E-state index contributed by atoms with van der Waals surface area (Å²) in [5.74, 6) is 2.14. The van der Waals surface area contributed by atoms with Crippen LogP contribution in [0.2, 0.25) is 0 Å². The van der Waals surface area contributed by atoms with Gasteiger partial charge in [-0.2, -0.15) is 5.26 Å². The fourth-order valence-corrected chi connectivity index (χ4v) is 5.16. The van der Waals surface area contributed by atoms with E-state index in [1.54, 1.807) is 0 Å². The van der Waals surface area contributed by atoms with Gasteiger partial charge in [0.15, 0.2) is 5.84 Å². The van der Waals surface area contributed by atoms with E-state index in [1.165, 1.54) is 29.2 Å². The Hall–Kier alpha value is -3.29.